The Labute approximate surface area is 72.9 Å². The highest BCUT2D eigenvalue weighted by Crippen LogP contribution is 2.11. The first-order valence-electron chi connectivity index (χ1n) is 3.85. The number of carboxylic acid groups (broad SMARTS) is 1. The average molecular weight is 166 g/mol. The highest BCUT2D eigenvalue weighted by Gasteiger charge is 1.93. The molecule has 0 radical (unpaired) electrons. The van der Waals surface area contributed by atoms with Crippen LogP contribution in [0.5, 0.6) is 0 Å². The molecule has 12 heavy (non-hydrogen) atoms. The van der Waals surface area contributed by atoms with Gasteiger partial charge in [0.1, 0.15) is 0 Å². The second-order valence-electron chi connectivity index (χ2n) is 2.67. The van der Waals surface area contributed by atoms with Crippen LogP contribution < -0.4 is 0 Å². The largest absolute Gasteiger partial charge is 0.483 e. The summed E-state index contributed by atoms with van der Waals surface area (Å²) in [5.74, 6) is 0.659. The van der Waals surface area contributed by atoms with E-state index in [1.165, 1.54) is 5.56 Å². The molecular weight excluding hydrogens is 152 g/mol. The number of hydrogen-bond acceptors (Lipinski definition) is 1. The van der Waals surface area contributed by atoms with Crippen molar-refractivity contribution in [3.8, 4) is 0 Å². The monoisotopic (exact) mass is 166 g/mol. The summed E-state index contributed by atoms with van der Waals surface area (Å²) in [5, 5.41) is 6.89. The molecule has 2 heteroatoms. The first-order valence-corrected chi connectivity index (χ1v) is 3.85. The zero-order chi connectivity index (χ0) is 9.40. The van der Waals surface area contributed by atoms with Crippen molar-refractivity contribution in [2.75, 3.05) is 0 Å². The second kappa shape index (κ2) is 6.40. The fourth-order valence-corrected chi connectivity index (χ4v) is 0.838. The third-order valence-corrected chi connectivity index (χ3v) is 1.47. The predicted molar refractivity (Wildman–Crippen MR) is 49.2 cm³/mol. The van der Waals surface area contributed by atoms with Gasteiger partial charge in [0.2, 0.25) is 0 Å². The van der Waals surface area contributed by atoms with Gasteiger partial charge in [0.25, 0.3) is 6.47 Å². The molecule has 0 unspecified atom stereocenters. The molecule has 0 bridgehead atoms. The van der Waals surface area contributed by atoms with Gasteiger partial charge in [-0.2, -0.15) is 0 Å². The van der Waals surface area contributed by atoms with E-state index < -0.39 is 0 Å². The maximum Gasteiger partial charge on any atom is 0.290 e. The summed E-state index contributed by atoms with van der Waals surface area (Å²) >= 11 is 0. The van der Waals surface area contributed by atoms with Gasteiger partial charge in [-0.25, -0.2) is 0 Å². The van der Waals surface area contributed by atoms with E-state index in [-0.39, 0.29) is 6.47 Å². The Hall–Kier alpha value is -1.31. The van der Waals surface area contributed by atoms with E-state index in [1.54, 1.807) is 0 Å². The van der Waals surface area contributed by atoms with Crippen molar-refractivity contribution in [2.24, 2.45) is 0 Å². The fourth-order valence-electron chi connectivity index (χ4n) is 0.838. The van der Waals surface area contributed by atoms with Crippen molar-refractivity contribution in [3.05, 3.63) is 35.9 Å². The molecule has 0 amide bonds. The van der Waals surface area contributed by atoms with Crippen LogP contribution in [-0.2, 0) is 4.79 Å². The van der Waals surface area contributed by atoms with Crippen molar-refractivity contribution >= 4 is 6.47 Å². The normalized spacial score (nSPS) is 8.58. The van der Waals surface area contributed by atoms with Crippen LogP contribution in [0.2, 0.25) is 0 Å². The molecule has 0 spiro atoms. The first-order chi connectivity index (χ1) is 5.72. The van der Waals surface area contributed by atoms with Crippen molar-refractivity contribution in [1.29, 1.82) is 0 Å². The summed E-state index contributed by atoms with van der Waals surface area (Å²) in [6.45, 7) is 4.16. The molecule has 0 aliphatic rings. The van der Waals surface area contributed by atoms with E-state index in [1.807, 2.05) is 6.07 Å². The number of benzene rings is 1. The van der Waals surface area contributed by atoms with Gasteiger partial charge in [0, 0.05) is 0 Å². The molecular formula is C10H14O2. The fraction of sp³-hybridized carbons (Fsp3) is 0.300. The standard InChI is InChI=1S/C9H12.CH2O2/c1-8(2)9-6-4-3-5-7-9;2-1-3/h3-8H,1-2H3;1H,(H,2,3). The molecule has 0 atom stereocenters. The maximum atomic E-state index is 8.36. The molecule has 0 saturated carbocycles. The molecule has 1 rings (SSSR count). The molecule has 1 aromatic rings. The number of carbonyl (C=O) groups is 1. The van der Waals surface area contributed by atoms with E-state index in [0.29, 0.717) is 5.92 Å². The van der Waals surface area contributed by atoms with Crippen molar-refractivity contribution in [3.63, 3.8) is 0 Å². The number of rotatable bonds is 1. The lowest BCUT2D eigenvalue weighted by atomic mass is 10.0. The van der Waals surface area contributed by atoms with E-state index in [4.69, 9.17) is 9.90 Å². The van der Waals surface area contributed by atoms with Crippen LogP contribution in [0.15, 0.2) is 30.3 Å². The summed E-state index contributed by atoms with van der Waals surface area (Å²) < 4.78 is 0. The third kappa shape index (κ3) is 4.50. The molecule has 1 N–H and O–H groups in total. The zero-order valence-corrected chi connectivity index (χ0v) is 7.40. The highest BCUT2D eigenvalue weighted by molar-refractivity contribution is 5.32. The van der Waals surface area contributed by atoms with E-state index in [2.05, 4.69) is 38.1 Å². The van der Waals surface area contributed by atoms with Gasteiger partial charge in [0.05, 0.1) is 0 Å². The summed E-state index contributed by atoms with van der Waals surface area (Å²) in [7, 11) is 0. The van der Waals surface area contributed by atoms with Gasteiger partial charge in [0.15, 0.2) is 0 Å². The Balaban J connectivity index is 0.000000354. The first kappa shape index (κ1) is 10.7. The molecule has 0 aliphatic carbocycles. The van der Waals surface area contributed by atoms with Crippen molar-refractivity contribution < 1.29 is 9.90 Å². The Bertz CT molecular complexity index is 204. The summed E-state index contributed by atoms with van der Waals surface area (Å²) in [6, 6.07) is 10.5. The summed E-state index contributed by atoms with van der Waals surface area (Å²) in [6.07, 6.45) is 0. The Morgan fingerprint density at radius 1 is 1.25 bits per heavy atom. The molecule has 0 aromatic heterocycles. The van der Waals surface area contributed by atoms with E-state index in [9.17, 15) is 0 Å². The summed E-state index contributed by atoms with van der Waals surface area (Å²) in [5.41, 5.74) is 1.41. The minimum atomic E-state index is -0.250. The van der Waals surface area contributed by atoms with E-state index in [0.717, 1.165) is 0 Å². The van der Waals surface area contributed by atoms with Gasteiger partial charge in [-0.1, -0.05) is 44.2 Å². The van der Waals surface area contributed by atoms with Gasteiger partial charge in [-0.15, -0.1) is 0 Å². The minimum absolute atomic E-state index is 0.250. The van der Waals surface area contributed by atoms with Gasteiger partial charge < -0.3 is 5.11 Å². The number of hydrogen-bond donors (Lipinski definition) is 1. The van der Waals surface area contributed by atoms with Crippen molar-refractivity contribution in [1.82, 2.24) is 0 Å². The Morgan fingerprint density at radius 2 is 1.67 bits per heavy atom. The molecule has 1 aromatic carbocycles. The molecule has 0 heterocycles. The SMILES string of the molecule is CC(C)c1ccccc1.O=CO. The van der Waals surface area contributed by atoms with Crippen LogP contribution in [0.4, 0.5) is 0 Å². The summed E-state index contributed by atoms with van der Waals surface area (Å²) in [4.78, 5) is 8.36. The smallest absolute Gasteiger partial charge is 0.290 e. The lowest BCUT2D eigenvalue weighted by molar-refractivity contribution is -0.122. The van der Waals surface area contributed by atoms with Crippen molar-refractivity contribution in [2.45, 2.75) is 19.8 Å². The van der Waals surface area contributed by atoms with Crippen LogP contribution in [-0.4, -0.2) is 11.6 Å². The topological polar surface area (TPSA) is 37.3 Å². The minimum Gasteiger partial charge on any atom is -0.483 e. The maximum absolute atomic E-state index is 8.36. The molecule has 66 valence electrons. The Kier molecular flexibility index (Phi) is 5.70. The zero-order valence-electron chi connectivity index (χ0n) is 7.40. The average Bonchev–Trinajstić information content (AvgIpc) is 2.07. The van der Waals surface area contributed by atoms with E-state index >= 15 is 0 Å². The molecule has 0 aliphatic heterocycles. The predicted octanol–water partition coefficient (Wildman–Crippen LogP) is 2.51. The van der Waals surface area contributed by atoms with Crippen LogP contribution in [0.3, 0.4) is 0 Å². The van der Waals surface area contributed by atoms with Gasteiger partial charge in [-0.3, -0.25) is 4.79 Å². The van der Waals surface area contributed by atoms with Crippen LogP contribution >= 0.6 is 0 Å². The van der Waals surface area contributed by atoms with Gasteiger partial charge >= 0.3 is 0 Å². The van der Waals surface area contributed by atoms with Crippen LogP contribution in [0.1, 0.15) is 25.3 Å². The van der Waals surface area contributed by atoms with Gasteiger partial charge in [-0.05, 0) is 11.5 Å². The van der Waals surface area contributed by atoms with Crippen LogP contribution in [0.25, 0.3) is 0 Å². The lowest BCUT2D eigenvalue weighted by Gasteiger charge is -2.01. The molecule has 0 fully saturated rings. The molecule has 2 nitrogen and oxygen atoms in total. The quantitative estimate of drug-likeness (QED) is 0.651. The lowest BCUT2D eigenvalue weighted by Crippen LogP contribution is -1.83. The van der Waals surface area contributed by atoms with Crippen LogP contribution in [0, 0.1) is 0 Å². The highest BCUT2D eigenvalue weighted by atomic mass is 16.3. The third-order valence-electron chi connectivity index (χ3n) is 1.47. The second-order valence-corrected chi connectivity index (χ2v) is 2.67. The Morgan fingerprint density at radius 3 is 1.92 bits per heavy atom. The molecule has 0 saturated heterocycles.